The molecule has 2 aromatic carbocycles. The molecule has 104 valence electrons. The first-order chi connectivity index (χ1) is 9.60. The molecular weight excluding hydrogens is 294 g/mol. The summed E-state index contributed by atoms with van der Waals surface area (Å²) in [5.74, 6) is 5.52. The van der Waals surface area contributed by atoms with Crippen molar-refractivity contribution < 1.29 is 4.79 Å². The highest BCUT2D eigenvalue weighted by Crippen LogP contribution is 2.30. The summed E-state index contributed by atoms with van der Waals surface area (Å²) in [5, 5.41) is 0.664. The predicted molar refractivity (Wildman–Crippen MR) is 83.5 cm³/mol. The number of nitrogen functional groups attached to an aromatic ring is 2. The van der Waals surface area contributed by atoms with E-state index < -0.39 is 0 Å². The number of amides is 1. The van der Waals surface area contributed by atoms with Gasteiger partial charge in [0.2, 0.25) is 0 Å². The van der Waals surface area contributed by atoms with Crippen LogP contribution in [0, 0.1) is 0 Å². The quantitative estimate of drug-likeness (QED) is 0.267. The van der Waals surface area contributed by atoms with E-state index in [1.54, 1.807) is 36.0 Å². The number of hydrazine groups is 1. The molecule has 0 aliphatic carbocycles. The Morgan fingerprint density at radius 3 is 2.55 bits per heavy atom. The lowest BCUT2D eigenvalue weighted by Gasteiger charge is -2.07. The van der Waals surface area contributed by atoms with Gasteiger partial charge in [-0.25, -0.2) is 5.84 Å². The Hall–Kier alpha value is -1.69. The van der Waals surface area contributed by atoms with Gasteiger partial charge in [0.1, 0.15) is 0 Å². The molecule has 5 N–H and O–H groups in total. The van der Waals surface area contributed by atoms with Crippen LogP contribution in [0.5, 0.6) is 0 Å². The molecule has 0 aliphatic rings. The third kappa shape index (κ3) is 3.66. The molecule has 0 spiro atoms. The van der Waals surface area contributed by atoms with Crippen molar-refractivity contribution in [2.24, 2.45) is 5.84 Å². The number of rotatable bonds is 4. The van der Waals surface area contributed by atoms with Crippen molar-refractivity contribution in [3.8, 4) is 0 Å². The topological polar surface area (TPSA) is 81.1 Å². The normalized spacial score (nSPS) is 10.3. The Kier molecular flexibility index (Phi) is 4.89. The van der Waals surface area contributed by atoms with E-state index in [1.807, 2.05) is 18.2 Å². The number of hydrogen-bond acceptors (Lipinski definition) is 4. The summed E-state index contributed by atoms with van der Waals surface area (Å²) < 4.78 is 0. The lowest BCUT2D eigenvalue weighted by atomic mass is 10.1. The minimum Gasteiger partial charge on any atom is -0.398 e. The Labute approximate surface area is 126 Å². The van der Waals surface area contributed by atoms with Crippen LogP contribution in [-0.2, 0) is 5.75 Å². The highest BCUT2D eigenvalue weighted by Gasteiger charge is 2.05. The molecule has 0 aromatic heterocycles. The average molecular weight is 308 g/mol. The van der Waals surface area contributed by atoms with E-state index in [2.05, 4.69) is 5.43 Å². The second-order valence-corrected chi connectivity index (χ2v) is 5.59. The monoisotopic (exact) mass is 307 g/mol. The first-order valence-corrected chi connectivity index (χ1v) is 7.24. The average Bonchev–Trinajstić information content (AvgIpc) is 2.48. The number of halogens is 1. The summed E-state index contributed by atoms with van der Waals surface area (Å²) in [6.45, 7) is 0. The number of carbonyl (C=O) groups is 1. The first kappa shape index (κ1) is 14.7. The van der Waals surface area contributed by atoms with Gasteiger partial charge in [0.05, 0.1) is 0 Å². The zero-order valence-corrected chi connectivity index (χ0v) is 12.2. The number of hydrogen-bond donors (Lipinski definition) is 3. The van der Waals surface area contributed by atoms with Gasteiger partial charge in [0.25, 0.3) is 5.91 Å². The highest BCUT2D eigenvalue weighted by atomic mass is 35.5. The third-order valence-electron chi connectivity index (χ3n) is 2.72. The SMILES string of the molecule is NNC(=O)c1ccc(CSc2cc(Cl)ccc2N)cc1. The molecule has 1 amide bonds. The molecule has 6 heteroatoms. The van der Waals surface area contributed by atoms with Gasteiger partial charge in [0.15, 0.2) is 0 Å². The van der Waals surface area contributed by atoms with Crippen molar-refractivity contribution in [3.05, 3.63) is 58.6 Å². The van der Waals surface area contributed by atoms with Crippen molar-refractivity contribution in [2.75, 3.05) is 5.73 Å². The summed E-state index contributed by atoms with van der Waals surface area (Å²) >= 11 is 7.54. The summed E-state index contributed by atoms with van der Waals surface area (Å²) in [7, 11) is 0. The zero-order valence-electron chi connectivity index (χ0n) is 10.6. The van der Waals surface area contributed by atoms with Gasteiger partial charge < -0.3 is 5.73 Å². The van der Waals surface area contributed by atoms with Gasteiger partial charge in [-0.05, 0) is 35.9 Å². The van der Waals surface area contributed by atoms with Gasteiger partial charge in [-0.15, -0.1) is 11.8 Å². The predicted octanol–water partition coefficient (Wildman–Crippen LogP) is 2.82. The van der Waals surface area contributed by atoms with Crippen LogP contribution in [0.25, 0.3) is 0 Å². The number of anilines is 1. The van der Waals surface area contributed by atoms with Crippen LogP contribution in [0.3, 0.4) is 0 Å². The molecule has 4 nitrogen and oxygen atoms in total. The molecule has 20 heavy (non-hydrogen) atoms. The number of nitrogens with two attached hydrogens (primary N) is 2. The maximum Gasteiger partial charge on any atom is 0.265 e. The maximum absolute atomic E-state index is 11.3. The largest absolute Gasteiger partial charge is 0.398 e. The lowest BCUT2D eigenvalue weighted by Crippen LogP contribution is -2.29. The van der Waals surface area contributed by atoms with Crippen molar-refractivity contribution in [3.63, 3.8) is 0 Å². The Morgan fingerprint density at radius 1 is 1.20 bits per heavy atom. The highest BCUT2D eigenvalue weighted by molar-refractivity contribution is 7.98. The molecule has 0 aliphatic heterocycles. The summed E-state index contributed by atoms with van der Waals surface area (Å²) in [5.41, 5.74) is 10.3. The number of carbonyl (C=O) groups excluding carboxylic acids is 1. The number of thioether (sulfide) groups is 1. The van der Waals surface area contributed by atoms with E-state index in [4.69, 9.17) is 23.2 Å². The summed E-state index contributed by atoms with van der Waals surface area (Å²) in [4.78, 5) is 12.3. The zero-order chi connectivity index (χ0) is 14.5. The molecule has 0 fully saturated rings. The molecular formula is C14H14ClN3OS. The van der Waals surface area contributed by atoms with Crippen molar-refractivity contribution in [2.45, 2.75) is 10.6 Å². The van der Waals surface area contributed by atoms with Crippen LogP contribution >= 0.6 is 23.4 Å². The van der Waals surface area contributed by atoms with Crippen LogP contribution in [-0.4, -0.2) is 5.91 Å². The molecule has 0 radical (unpaired) electrons. The summed E-state index contributed by atoms with van der Waals surface area (Å²) in [6.07, 6.45) is 0. The fourth-order valence-corrected chi connectivity index (χ4v) is 2.83. The van der Waals surface area contributed by atoms with Gasteiger partial charge in [-0.2, -0.15) is 0 Å². The van der Waals surface area contributed by atoms with E-state index in [-0.39, 0.29) is 5.91 Å². The van der Waals surface area contributed by atoms with E-state index >= 15 is 0 Å². The minimum absolute atomic E-state index is 0.303. The molecule has 0 unspecified atom stereocenters. The fraction of sp³-hybridized carbons (Fsp3) is 0.0714. The van der Waals surface area contributed by atoms with Gasteiger partial charge in [-0.1, -0.05) is 23.7 Å². The molecule has 0 saturated carbocycles. The number of nitrogens with one attached hydrogen (secondary N) is 1. The maximum atomic E-state index is 11.3. The van der Waals surface area contributed by atoms with Crippen LogP contribution in [0.1, 0.15) is 15.9 Å². The van der Waals surface area contributed by atoms with E-state index in [0.717, 1.165) is 16.2 Å². The van der Waals surface area contributed by atoms with E-state index in [0.29, 0.717) is 16.3 Å². The molecule has 0 saturated heterocycles. The molecule has 2 aromatic rings. The van der Waals surface area contributed by atoms with Gasteiger partial charge in [-0.3, -0.25) is 10.2 Å². The smallest absolute Gasteiger partial charge is 0.265 e. The molecule has 0 bridgehead atoms. The van der Waals surface area contributed by atoms with Crippen molar-refractivity contribution in [1.29, 1.82) is 0 Å². The minimum atomic E-state index is -0.303. The second-order valence-electron chi connectivity index (χ2n) is 4.14. The molecule has 2 rings (SSSR count). The van der Waals surface area contributed by atoms with E-state index in [1.165, 1.54) is 0 Å². The lowest BCUT2D eigenvalue weighted by molar-refractivity contribution is 0.0953. The second kappa shape index (κ2) is 6.65. The van der Waals surface area contributed by atoms with Crippen LogP contribution in [0.15, 0.2) is 47.4 Å². The van der Waals surface area contributed by atoms with Gasteiger partial charge in [0, 0.05) is 26.9 Å². The van der Waals surface area contributed by atoms with Crippen LogP contribution < -0.4 is 17.0 Å². The van der Waals surface area contributed by atoms with E-state index in [9.17, 15) is 4.79 Å². The Morgan fingerprint density at radius 2 is 1.90 bits per heavy atom. The van der Waals surface area contributed by atoms with Crippen molar-refractivity contribution >= 4 is 35.0 Å². The van der Waals surface area contributed by atoms with Gasteiger partial charge >= 0.3 is 0 Å². The van der Waals surface area contributed by atoms with Crippen LogP contribution in [0.4, 0.5) is 5.69 Å². The number of benzene rings is 2. The Bertz CT molecular complexity index is 616. The Balaban J connectivity index is 2.04. The standard InChI is InChI=1S/C14H14ClN3OS/c15-11-5-6-12(16)13(7-11)20-8-9-1-3-10(4-2-9)14(19)18-17/h1-7H,8,16-17H2,(H,18,19). The third-order valence-corrected chi connectivity index (χ3v) is 4.09. The summed E-state index contributed by atoms with van der Waals surface area (Å²) in [6, 6.07) is 12.6. The molecule has 0 heterocycles. The fourth-order valence-electron chi connectivity index (χ4n) is 1.63. The first-order valence-electron chi connectivity index (χ1n) is 5.88. The molecule has 0 atom stereocenters. The van der Waals surface area contributed by atoms with Crippen molar-refractivity contribution in [1.82, 2.24) is 5.43 Å². The van der Waals surface area contributed by atoms with Crippen LogP contribution in [0.2, 0.25) is 5.02 Å².